The molecule has 0 aliphatic heterocycles. The molecule has 0 N–H and O–H groups in total. The summed E-state index contributed by atoms with van der Waals surface area (Å²) in [6, 6.07) is 0. The van der Waals surface area contributed by atoms with Crippen molar-refractivity contribution in [1.29, 1.82) is 0 Å². The Balaban J connectivity index is 4.11. The molecule has 1 atom stereocenters. The van der Waals surface area contributed by atoms with E-state index in [0.717, 1.165) is 6.42 Å². The van der Waals surface area contributed by atoms with E-state index in [-0.39, 0.29) is 0 Å². The summed E-state index contributed by atoms with van der Waals surface area (Å²) < 4.78 is 0. The highest BCUT2D eigenvalue weighted by Gasteiger charge is 1.97. The fourth-order valence-corrected chi connectivity index (χ4v) is 0.883. The third-order valence-corrected chi connectivity index (χ3v) is 1.55. The minimum absolute atomic E-state index is 0.431. The van der Waals surface area contributed by atoms with Crippen LogP contribution in [-0.2, 0) is 0 Å². The molecule has 62 valence electrons. The van der Waals surface area contributed by atoms with Crippen molar-refractivity contribution in [3.05, 3.63) is 36.5 Å². The molecule has 0 heterocycles. The zero-order valence-corrected chi connectivity index (χ0v) is 7.80. The van der Waals surface area contributed by atoms with Crippen LogP contribution in [0.2, 0.25) is 0 Å². The molecule has 0 amide bonds. The van der Waals surface area contributed by atoms with Crippen molar-refractivity contribution in [3.63, 3.8) is 0 Å². The van der Waals surface area contributed by atoms with Gasteiger partial charge in [-0.2, -0.15) is 0 Å². The lowest BCUT2D eigenvalue weighted by Gasteiger charge is -2.05. The molecule has 0 fully saturated rings. The van der Waals surface area contributed by atoms with Crippen LogP contribution in [-0.4, -0.2) is 0 Å². The van der Waals surface area contributed by atoms with Gasteiger partial charge in [0.05, 0.1) is 0 Å². The molecule has 0 rings (SSSR count). The molecular formula is C11H18. The molecule has 0 nitrogen and oxygen atoms in total. The second-order valence-electron chi connectivity index (χ2n) is 2.73. The monoisotopic (exact) mass is 150 g/mol. The summed E-state index contributed by atoms with van der Waals surface area (Å²) in [5, 5.41) is 0. The zero-order valence-electron chi connectivity index (χ0n) is 7.80. The fourth-order valence-electron chi connectivity index (χ4n) is 0.883. The molecular weight excluding hydrogens is 132 g/mol. The van der Waals surface area contributed by atoms with Crippen molar-refractivity contribution in [2.75, 3.05) is 0 Å². The van der Waals surface area contributed by atoms with E-state index in [1.807, 2.05) is 6.92 Å². The van der Waals surface area contributed by atoms with Gasteiger partial charge in [0.2, 0.25) is 0 Å². The maximum Gasteiger partial charge on any atom is 0.0151 e. The Kier molecular flexibility index (Phi) is 5.54. The molecule has 1 unspecified atom stereocenters. The fraction of sp³-hybridized carbons (Fsp3) is 0.455. The van der Waals surface area contributed by atoms with Gasteiger partial charge in [0.15, 0.2) is 0 Å². The van der Waals surface area contributed by atoms with Crippen LogP contribution in [0.15, 0.2) is 36.5 Å². The minimum atomic E-state index is 0.431. The smallest absolute Gasteiger partial charge is 0.0151 e. The van der Waals surface area contributed by atoms with Gasteiger partial charge in [0.25, 0.3) is 0 Å². The van der Waals surface area contributed by atoms with Gasteiger partial charge >= 0.3 is 0 Å². The predicted molar refractivity (Wildman–Crippen MR) is 52.5 cm³/mol. The molecule has 0 saturated carbocycles. The quantitative estimate of drug-likeness (QED) is 0.536. The largest absolute Gasteiger partial charge is 0.0992 e. The van der Waals surface area contributed by atoms with Crippen LogP contribution >= 0.6 is 0 Å². The molecule has 0 saturated heterocycles. The first-order valence-electron chi connectivity index (χ1n) is 4.17. The van der Waals surface area contributed by atoms with E-state index in [1.54, 1.807) is 0 Å². The van der Waals surface area contributed by atoms with Crippen LogP contribution in [0.1, 0.15) is 27.2 Å². The van der Waals surface area contributed by atoms with Crippen molar-refractivity contribution in [1.82, 2.24) is 0 Å². The molecule has 0 radical (unpaired) electrons. The van der Waals surface area contributed by atoms with E-state index in [9.17, 15) is 0 Å². The van der Waals surface area contributed by atoms with Crippen molar-refractivity contribution >= 4 is 0 Å². The van der Waals surface area contributed by atoms with Crippen LogP contribution in [0, 0.1) is 5.92 Å². The highest BCUT2D eigenvalue weighted by molar-refractivity contribution is 5.15. The Labute approximate surface area is 70.3 Å². The van der Waals surface area contributed by atoms with E-state index < -0.39 is 0 Å². The molecule has 0 bridgehead atoms. The summed E-state index contributed by atoms with van der Waals surface area (Å²) in [6.07, 6.45) is 9.71. The second kappa shape index (κ2) is 5.96. The minimum Gasteiger partial charge on any atom is -0.0992 e. The summed E-state index contributed by atoms with van der Waals surface area (Å²) in [6.45, 7) is 10.2. The van der Waals surface area contributed by atoms with Gasteiger partial charge in [-0.3, -0.25) is 0 Å². The lowest BCUT2D eigenvalue weighted by molar-refractivity contribution is 0.960. The molecule has 0 aromatic carbocycles. The van der Waals surface area contributed by atoms with Crippen molar-refractivity contribution < 1.29 is 0 Å². The van der Waals surface area contributed by atoms with Crippen molar-refractivity contribution in [3.8, 4) is 0 Å². The SMILES string of the molecule is C=C(C)C(C=CC)C=CCC. The lowest BCUT2D eigenvalue weighted by Crippen LogP contribution is -1.91. The third-order valence-electron chi connectivity index (χ3n) is 1.55. The van der Waals surface area contributed by atoms with Crippen LogP contribution < -0.4 is 0 Å². The standard InChI is InChI=1S/C11H18/c1-5-7-9-11(8-6-2)10(3)4/h6-9,11H,3,5H2,1-2,4H3. The Morgan fingerprint density at radius 3 is 2.45 bits per heavy atom. The van der Waals surface area contributed by atoms with Crippen molar-refractivity contribution in [2.45, 2.75) is 27.2 Å². The molecule has 11 heavy (non-hydrogen) atoms. The number of hydrogen-bond acceptors (Lipinski definition) is 0. The average Bonchev–Trinajstić information content (AvgIpc) is 1.97. The molecule has 0 aromatic heterocycles. The van der Waals surface area contributed by atoms with Gasteiger partial charge in [0, 0.05) is 5.92 Å². The summed E-state index contributed by atoms with van der Waals surface area (Å²) >= 11 is 0. The Morgan fingerprint density at radius 1 is 1.45 bits per heavy atom. The predicted octanol–water partition coefficient (Wildman–Crippen LogP) is 3.72. The molecule has 0 aliphatic carbocycles. The lowest BCUT2D eigenvalue weighted by atomic mass is 10.0. The first-order valence-corrected chi connectivity index (χ1v) is 4.17. The highest BCUT2D eigenvalue weighted by atomic mass is 14.0. The summed E-state index contributed by atoms with van der Waals surface area (Å²) in [5.74, 6) is 0.431. The number of allylic oxidation sites excluding steroid dienone is 5. The van der Waals surface area contributed by atoms with E-state index in [1.165, 1.54) is 5.57 Å². The molecule has 0 heteroatoms. The van der Waals surface area contributed by atoms with E-state index in [0.29, 0.717) is 5.92 Å². The van der Waals surface area contributed by atoms with Gasteiger partial charge in [-0.15, -0.1) is 0 Å². The van der Waals surface area contributed by atoms with E-state index >= 15 is 0 Å². The average molecular weight is 150 g/mol. The highest BCUT2D eigenvalue weighted by Crippen LogP contribution is 2.11. The van der Waals surface area contributed by atoms with E-state index in [2.05, 4.69) is 44.7 Å². The van der Waals surface area contributed by atoms with Gasteiger partial charge in [0.1, 0.15) is 0 Å². The summed E-state index contributed by atoms with van der Waals surface area (Å²) in [4.78, 5) is 0. The Morgan fingerprint density at radius 2 is 2.09 bits per heavy atom. The van der Waals surface area contributed by atoms with E-state index in [4.69, 9.17) is 0 Å². The zero-order chi connectivity index (χ0) is 8.69. The summed E-state index contributed by atoms with van der Waals surface area (Å²) in [5.41, 5.74) is 1.20. The van der Waals surface area contributed by atoms with Crippen LogP contribution in [0.4, 0.5) is 0 Å². The maximum absolute atomic E-state index is 3.92. The van der Waals surface area contributed by atoms with Gasteiger partial charge in [-0.05, 0) is 20.3 Å². The number of rotatable bonds is 4. The maximum atomic E-state index is 3.92. The molecule has 0 spiro atoms. The first kappa shape index (κ1) is 10.2. The van der Waals surface area contributed by atoms with Gasteiger partial charge in [-0.1, -0.05) is 43.4 Å². The van der Waals surface area contributed by atoms with Gasteiger partial charge in [-0.25, -0.2) is 0 Å². The summed E-state index contributed by atoms with van der Waals surface area (Å²) in [7, 11) is 0. The molecule has 0 aromatic rings. The normalized spacial score (nSPS) is 14.5. The van der Waals surface area contributed by atoms with Crippen LogP contribution in [0.25, 0.3) is 0 Å². The topological polar surface area (TPSA) is 0 Å². The van der Waals surface area contributed by atoms with Crippen molar-refractivity contribution in [2.24, 2.45) is 5.92 Å². The Hall–Kier alpha value is -0.780. The Bertz CT molecular complexity index is 161. The molecule has 0 aliphatic rings. The third kappa shape index (κ3) is 4.60. The van der Waals surface area contributed by atoms with Gasteiger partial charge < -0.3 is 0 Å². The van der Waals surface area contributed by atoms with Crippen LogP contribution in [0.3, 0.4) is 0 Å². The van der Waals surface area contributed by atoms with Crippen LogP contribution in [0.5, 0.6) is 0 Å². The second-order valence-corrected chi connectivity index (χ2v) is 2.73. The first-order chi connectivity index (χ1) is 5.22. The number of hydrogen-bond donors (Lipinski definition) is 0.